The molecule has 13 heteroatoms. The van der Waals surface area contributed by atoms with Gasteiger partial charge in [-0.25, -0.2) is 19.5 Å². The first-order valence-corrected chi connectivity index (χ1v) is 12.8. The SMILES string of the molecule is C[C@@H](NC(=O)c1c(N)nn2cccnc12)c1nc2cccc(C#Cc3cnn(C)c3)c2c(=O)n1CCc1cnc[nH]1. The molecule has 1 aromatic carbocycles. The van der Waals surface area contributed by atoms with Crippen molar-refractivity contribution in [1.29, 1.82) is 0 Å². The van der Waals surface area contributed by atoms with Crippen molar-refractivity contribution in [2.75, 3.05) is 5.73 Å². The third-order valence-electron chi connectivity index (χ3n) is 6.60. The molecular weight excluding hydrogens is 522 g/mol. The number of aryl methyl sites for hydroxylation is 2. The van der Waals surface area contributed by atoms with Crippen LogP contribution in [0.2, 0.25) is 0 Å². The summed E-state index contributed by atoms with van der Waals surface area (Å²) in [5, 5.41) is 11.6. The number of nitrogen functional groups attached to an aromatic ring is 1. The molecule has 0 unspecified atom stereocenters. The first kappa shape index (κ1) is 25.5. The van der Waals surface area contributed by atoms with Gasteiger partial charge in [0.2, 0.25) is 0 Å². The van der Waals surface area contributed by atoms with Gasteiger partial charge in [0, 0.05) is 56.1 Å². The van der Waals surface area contributed by atoms with E-state index in [2.05, 4.69) is 42.3 Å². The highest BCUT2D eigenvalue weighted by Crippen LogP contribution is 2.20. The lowest BCUT2D eigenvalue weighted by molar-refractivity contribution is 0.0939. The van der Waals surface area contributed by atoms with Crippen LogP contribution in [0.5, 0.6) is 0 Å². The Hall–Kier alpha value is -5.77. The van der Waals surface area contributed by atoms with E-state index < -0.39 is 11.9 Å². The molecule has 1 atom stereocenters. The lowest BCUT2D eigenvalue weighted by Crippen LogP contribution is -2.34. The van der Waals surface area contributed by atoms with E-state index in [0.29, 0.717) is 40.9 Å². The number of aromatic nitrogens is 9. The van der Waals surface area contributed by atoms with E-state index >= 15 is 0 Å². The molecule has 0 aliphatic rings. The number of hydrogen-bond acceptors (Lipinski definition) is 8. The number of carbonyl (C=O) groups excluding carboxylic acids is 1. The fraction of sp³-hybridized carbons (Fsp3) is 0.179. The van der Waals surface area contributed by atoms with Gasteiger partial charge >= 0.3 is 0 Å². The van der Waals surface area contributed by atoms with E-state index in [9.17, 15) is 9.59 Å². The van der Waals surface area contributed by atoms with Crippen LogP contribution in [0, 0.1) is 11.8 Å². The second-order valence-corrected chi connectivity index (χ2v) is 9.45. The lowest BCUT2D eigenvalue weighted by Gasteiger charge is -2.20. The smallest absolute Gasteiger partial charge is 0.262 e. The van der Waals surface area contributed by atoms with Crippen LogP contribution in [0.3, 0.4) is 0 Å². The van der Waals surface area contributed by atoms with Crippen LogP contribution in [-0.2, 0) is 20.0 Å². The van der Waals surface area contributed by atoms with Crippen molar-refractivity contribution in [3.8, 4) is 11.8 Å². The van der Waals surface area contributed by atoms with E-state index in [1.54, 1.807) is 77.7 Å². The Balaban J connectivity index is 1.42. The van der Waals surface area contributed by atoms with Crippen LogP contribution in [0.1, 0.15) is 46.0 Å². The standard InChI is InChI=1S/C28H25N11O2/c1-17(34-27(40)23-24(29)36-39-11-4-10-31-26(23)39)25-35-21-6-3-5-19(8-7-18-13-33-37(2)15-18)22(21)28(41)38(25)12-9-20-14-30-16-32-20/h3-6,10-11,13-17H,9,12H2,1-2H3,(H2,29,36)(H,30,32)(H,34,40)/t17-/m1/s1. The number of rotatable bonds is 6. The van der Waals surface area contributed by atoms with Crippen LogP contribution in [0.25, 0.3) is 16.6 Å². The maximum atomic E-state index is 14.0. The van der Waals surface area contributed by atoms with Crippen molar-refractivity contribution >= 4 is 28.3 Å². The minimum Gasteiger partial charge on any atom is -0.381 e. The monoisotopic (exact) mass is 547 g/mol. The first-order valence-electron chi connectivity index (χ1n) is 12.8. The molecule has 4 N–H and O–H groups in total. The van der Waals surface area contributed by atoms with Gasteiger partial charge in [0.25, 0.3) is 11.5 Å². The summed E-state index contributed by atoms with van der Waals surface area (Å²) in [6.07, 6.45) is 10.5. The van der Waals surface area contributed by atoms with Gasteiger partial charge in [-0.1, -0.05) is 17.9 Å². The molecule has 0 spiro atoms. The highest BCUT2D eigenvalue weighted by molar-refractivity contribution is 6.04. The second kappa shape index (κ2) is 10.4. The maximum absolute atomic E-state index is 14.0. The summed E-state index contributed by atoms with van der Waals surface area (Å²) in [5.41, 5.74) is 8.87. The average Bonchev–Trinajstić information content (AvgIpc) is 3.70. The number of amides is 1. The number of nitrogens with two attached hydrogens (primary N) is 1. The molecule has 0 aliphatic heterocycles. The minimum atomic E-state index is -0.662. The molecule has 0 bridgehead atoms. The molecule has 13 nitrogen and oxygen atoms in total. The third-order valence-corrected chi connectivity index (χ3v) is 6.60. The van der Waals surface area contributed by atoms with Crippen molar-refractivity contribution in [3.63, 3.8) is 0 Å². The van der Waals surface area contributed by atoms with Gasteiger partial charge in [-0.05, 0) is 25.1 Å². The number of aromatic amines is 1. The highest BCUT2D eigenvalue weighted by Gasteiger charge is 2.24. The molecule has 1 amide bonds. The number of benzene rings is 1. The molecule has 5 heterocycles. The molecule has 204 valence electrons. The van der Waals surface area contributed by atoms with E-state index in [0.717, 1.165) is 11.3 Å². The summed E-state index contributed by atoms with van der Waals surface area (Å²) >= 11 is 0. The number of anilines is 1. The molecular formula is C28H25N11O2. The molecule has 0 saturated heterocycles. The van der Waals surface area contributed by atoms with Gasteiger partial charge in [0.05, 0.1) is 35.0 Å². The summed E-state index contributed by atoms with van der Waals surface area (Å²) in [4.78, 5) is 43.6. The van der Waals surface area contributed by atoms with Gasteiger partial charge in [-0.2, -0.15) is 5.10 Å². The summed E-state index contributed by atoms with van der Waals surface area (Å²) in [6.45, 7) is 2.06. The van der Waals surface area contributed by atoms with Gasteiger partial charge in [-0.15, -0.1) is 5.10 Å². The van der Waals surface area contributed by atoms with Crippen molar-refractivity contribution in [2.45, 2.75) is 25.9 Å². The van der Waals surface area contributed by atoms with Crippen molar-refractivity contribution in [1.82, 2.24) is 49.2 Å². The van der Waals surface area contributed by atoms with E-state index in [1.807, 2.05) is 7.05 Å². The predicted octanol–water partition coefficient (Wildman–Crippen LogP) is 1.61. The normalized spacial score (nSPS) is 11.9. The van der Waals surface area contributed by atoms with Gasteiger partial charge in [0.15, 0.2) is 11.5 Å². The molecule has 6 aromatic rings. The molecule has 0 radical (unpaired) electrons. The lowest BCUT2D eigenvalue weighted by atomic mass is 10.1. The Labute approximate surface area is 233 Å². The van der Waals surface area contributed by atoms with Crippen molar-refractivity contribution in [3.05, 3.63) is 100 Å². The minimum absolute atomic E-state index is 0.0494. The van der Waals surface area contributed by atoms with E-state index in [1.165, 1.54) is 4.52 Å². The zero-order valence-electron chi connectivity index (χ0n) is 22.2. The molecule has 6 rings (SSSR count). The molecule has 41 heavy (non-hydrogen) atoms. The maximum Gasteiger partial charge on any atom is 0.262 e. The Kier molecular flexibility index (Phi) is 6.48. The summed E-state index contributed by atoms with van der Waals surface area (Å²) in [6, 6.07) is 6.38. The first-order chi connectivity index (χ1) is 19.9. The Bertz CT molecular complexity index is 2020. The second-order valence-electron chi connectivity index (χ2n) is 9.45. The number of H-pyrrole nitrogens is 1. The zero-order chi connectivity index (χ0) is 28.5. The van der Waals surface area contributed by atoms with Crippen molar-refractivity contribution in [2.24, 2.45) is 7.05 Å². The Morgan fingerprint density at radius 2 is 2.10 bits per heavy atom. The third kappa shape index (κ3) is 4.89. The van der Waals surface area contributed by atoms with E-state index in [4.69, 9.17) is 10.7 Å². The van der Waals surface area contributed by atoms with Gasteiger partial charge in [0.1, 0.15) is 11.4 Å². The predicted molar refractivity (Wildman–Crippen MR) is 151 cm³/mol. The zero-order valence-corrected chi connectivity index (χ0v) is 22.2. The topological polar surface area (TPSA) is 167 Å². The van der Waals surface area contributed by atoms with Gasteiger partial charge < -0.3 is 16.0 Å². The number of carbonyl (C=O) groups is 1. The summed E-state index contributed by atoms with van der Waals surface area (Å²) in [5.74, 6) is 6.13. The number of nitrogens with zero attached hydrogens (tertiary/aromatic N) is 8. The van der Waals surface area contributed by atoms with Crippen LogP contribution in [0.15, 0.2) is 66.4 Å². The molecule has 0 fully saturated rings. The number of fused-ring (bicyclic) bond motifs is 2. The van der Waals surface area contributed by atoms with Gasteiger partial charge in [-0.3, -0.25) is 18.8 Å². The number of imidazole rings is 1. The van der Waals surface area contributed by atoms with Crippen molar-refractivity contribution < 1.29 is 4.79 Å². The quantitative estimate of drug-likeness (QED) is 0.264. The van der Waals surface area contributed by atoms with Crippen LogP contribution in [0.4, 0.5) is 5.82 Å². The average molecular weight is 548 g/mol. The summed E-state index contributed by atoms with van der Waals surface area (Å²) < 4.78 is 4.68. The van der Waals surface area contributed by atoms with Crippen LogP contribution < -0.4 is 16.6 Å². The Morgan fingerprint density at radius 3 is 2.88 bits per heavy atom. The molecule has 0 saturated carbocycles. The largest absolute Gasteiger partial charge is 0.381 e. The summed E-state index contributed by atoms with van der Waals surface area (Å²) in [7, 11) is 1.81. The number of hydrogen-bond donors (Lipinski definition) is 3. The van der Waals surface area contributed by atoms with Crippen LogP contribution >= 0.6 is 0 Å². The van der Waals surface area contributed by atoms with E-state index in [-0.39, 0.29) is 16.9 Å². The number of nitrogens with one attached hydrogen (secondary N) is 2. The highest BCUT2D eigenvalue weighted by atomic mass is 16.2. The molecule has 0 aliphatic carbocycles. The molecule has 5 aromatic heterocycles. The fourth-order valence-electron chi connectivity index (χ4n) is 4.67. The fourth-order valence-corrected chi connectivity index (χ4v) is 4.67. The Morgan fingerprint density at radius 1 is 1.22 bits per heavy atom. The van der Waals surface area contributed by atoms with Crippen LogP contribution in [-0.4, -0.2) is 49.8 Å².